The van der Waals surface area contributed by atoms with Gasteiger partial charge in [-0.3, -0.25) is 0 Å². The van der Waals surface area contributed by atoms with Gasteiger partial charge in [-0.1, -0.05) is 31.5 Å². The zero-order valence-corrected chi connectivity index (χ0v) is 14.7. The first kappa shape index (κ1) is 16.7. The number of unbranched alkanes of at least 4 members (excludes halogenated alkanes) is 1. The number of aryl methyl sites for hydroxylation is 2. The summed E-state index contributed by atoms with van der Waals surface area (Å²) in [5.74, 6) is 1.78. The van der Waals surface area contributed by atoms with Crippen LogP contribution in [0.5, 0.6) is 5.75 Å². The Morgan fingerprint density at radius 2 is 2.05 bits per heavy atom. The molecule has 0 atom stereocenters. The number of hydrogen-bond donors (Lipinski definition) is 1. The summed E-state index contributed by atoms with van der Waals surface area (Å²) in [6, 6.07) is 8.26. The molecule has 2 aromatic rings. The number of nitrogens with zero attached hydrogens (tertiary/aromatic N) is 2. The summed E-state index contributed by atoms with van der Waals surface area (Å²) < 4.78 is 6.81. The number of nitrogens with one attached hydrogen (secondary N) is 1. The Bertz CT molecular complexity index is 604. The zero-order chi connectivity index (χ0) is 15.8. The normalized spacial score (nSPS) is 10.5. The topological polar surface area (TPSA) is 47.0 Å². The summed E-state index contributed by atoms with van der Waals surface area (Å²) in [7, 11) is 0. The van der Waals surface area contributed by atoms with Gasteiger partial charge in [-0.15, -0.1) is 0 Å². The lowest BCUT2D eigenvalue weighted by atomic mass is 10.1. The molecule has 118 valence electrons. The number of hydrogen-bond acceptors (Lipinski definition) is 4. The van der Waals surface area contributed by atoms with E-state index >= 15 is 0 Å². The minimum absolute atomic E-state index is 0.596. The Kier molecular flexibility index (Phi) is 6.65. The van der Waals surface area contributed by atoms with E-state index in [0.29, 0.717) is 13.2 Å². The van der Waals surface area contributed by atoms with Gasteiger partial charge < -0.3 is 10.1 Å². The molecule has 1 N–H and O–H groups in total. The van der Waals surface area contributed by atoms with Gasteiger partial charge in [0, 0.05) is 0 Å². The van der Waals surface area contributed by atoms with Crippen LogP contribution >= 0.6 is 15.9 Å². The predicted molar refractivity (Wildman–Crippen MR) is 93.5 cm³/mol. The van der Waals surface area contributed by atoms with E-state index in [1.807, 2.05) is 19.1 Å². The summed E-state index contributed by atoms with van der Waals surface area (Å²) >= 11 is 3.49. The molecule has 0 bridgehead atoms. The minimum Gasteiger partial charge on any atom is -0.491 e. The highest BCUT2D eigenvalue weighted by Gasteiger charge is 2.05. The second-order valence-corrected chi connectivity index (χ2v) is 5.90. The predicted octanol–water partition coefficient (Wildman–Crippen LogP) is 4.38. The van der Waals surface area contributed by atoms with Crippen LogP contribution in [0.4, 0.5) is 5.82 Å². The van der Waals surface area contributed by atoms with Crippen molar-refractivity contribution in [3.8, 4) is 5.75 Å². The quantitative estimate of drug-likeness (QED) is 0.706. The Hall–Kier alpha value is -1.62. The van der Waals surface area contributed by atoms with E-state index in [0.717, 1.165) is 28.2 Å². The Labute approximate surface area is 140 Å². The van der Waals surface area contributed by atoms with Gasteiger partial charge in [0.1, 0.15) is 24.5 Å². The first-order chi connectivity index (χ1) is 10.7. The maximum Gasteiger partial charge on any atom is 0.144 e. The van der Waals surface area contributed by atoms with E-state index in [9.17, 15) is 0 Å². The fraction of sp³-hybridized carbons (Fsp3) is 0.412. The SMILES string of the molecule is CCCCc1ccccc1OCCNc1ncnc(C)c1Br. The van der Waals surface area contributed by atoms with Crippen molar-refractivity contribution >= 4 is 21.7 Å². The Morgan fingerprint density at radius 3 is 2.86 bits per heavy atom. The molecule has 22 heavy (non-hydrogen) atoms. The van der Waals surface area contributed by atoms with Crippen molar-refractivity contribution < 1.29 is 4.74 Å². The highest BCUT2D eigenvalue weighted by atomic mass is 79.9. The van der Waals surface area contributed by atoms with E-state index < -0.39 is 0 Å². The highest BCUT2D eigenvalue weighted by Crippen LogP contribution is 2.22. The molecule has 0 unspecified atom stereocenters. The molecule has 0 amide bonds. The fourth-order valence-electron chi connectivity index (χ4n) is 2.13. The number of benzene rings is 1. The van der Waals surface area contributed by atoms with Crippen LogP contribution in [-0.2, 0) is 6.42 Å². The van der Waals surface area contributed by atoms with E-state index in [1.165, 1.54) is 18.4 Å². The van der Waals surface area contributed by atoms with Crippen molar-refractivity contribution in [2.45, 2.75) is 33.1 Å². The van der Waals surface area contributed by atoms with Crippen molar-refractivity contribution in [3.63, 3.8) is 0 Å². The third kappa shape index (κ3) is 4.70. The van der Waals surface area contributed by atoms with E-state index in [4.69, 9.17) is 4.74 Å². The second-order valence-electron chi connectivity index (χ2n) is 5.11. The van der Waals surface area contributed by atoms with Crippen molar-refractivity contribution in [2.24, 2.45) is 0 Å². The third-order valence-electron chi connectivity index (χ3n) is 3.39. The van der Waals surface area contributed by atoms with Crippen LogP contribution in [0.3, 0.4) is 0 Å². The lowest BCUT2D eigenvalue weighted by Gasteiger charge is -2.12. The van der Waals surface area contributed by atoms with Gasteiger partial charge in [0.05, 0.1) is 16.7 Å². The molecular formula is C17H22BrN3O. The number of aromatic nitrogens is 2. The summed E-state index contributed by atoms with van der Waals surface area (Å²) in [6.45, 7) is 5.43. The van der Waals surface area contributed by atoms with Gasteiger partial charge in [0.25, 0.3) is 0 Å². The average Bonchev–Trinajstić information content (AvgIpc) is 2.54. The van der Waals surface area contributed by atoms with Crippen LogP contribution < -0.4 is 10.1 Å². The fourth-order valence-corrected chi connectivity index (χ4v) is 2.47. The van der Waals surface area contributed by atoms with Crippen molar-refractivity contribution in [1.29, 1.82) is 0 Å². The number of para-hydroxylation sites is 1. The van der Waals surface area contributed by atoms with Crippen LogP contribution in [-0.4, -0.2) is 23.1 Å². The lowest BCUT2D eigenvalue weighted by Crippen LogP contribution is -2.13. The first-order valence-corrected chi connectivity index (χ1v) is 8.43. The number of halogens is 1. The van der Waals surface area contributed by atoms with Crippen LogP contribution in [0.1, 0.15) is 31.0 Å². The Balaban J connectivity index is 1.85. The maximum absolute atomic E-state index is 5.90. The summed E-state index contributed by atoms with van der Waals surface area (Å²) in [6.07, 6.45) is 5.00. The minimum atomic E-state index is 0.596. The van der Waals surface area contributed by atoms with Gasteiger partial charge in [-0.2, -0.15) is 0 Å². The van der Waals surface area contributed by atoms with Crippen LogP contribution in [0, 0.1) is 6.92 Å². The van der Waals surface area contributed by atoms with Crippen molar-refractivity contribution in [2.75, 3.05) is 18.5 Å². The molecule has 2 rings (SSSR count). The van der Waals surface area contributed by atoms with Gasteiger partial charge in [0.15, 0.2) is 0 Å². The summed E-state index contributed by atoms with van der Waals surface area (Å²) in [5.41, 5.74) is 2.20. The standard InChI is InChI=1S/C17H22BrN3O/c1-3-4-7-14-8-5-6-9-15(14)22-11-10-19-17-16(18)13(2)20-12-21-17/h5-6,8-9,12H,3-4,7,10-11H2,1-2H3,(H,19,20,21). The molecule has 0 spiro atoms. The zero-order valence-electron chi connectivity index (χ0n) is 13.1. The Morgan fingerprint density at radius 1 is 1.23 bits per heavy atom. The van der Waals surface area contributed by atoms with Gasteiger partial charge in [-0.25, -0.2) is 9.97 Å². The van der Waals surface area contributed by atoms with E-state index in [1.54, 1.807) is 6.33 Å². The first-order valence-electron chi connectivity index (χ1n) is 7.64. The van der Waals surface area contributed by atoms with Gasteiger partial charge in [0.2, 0.25) is 0 Å². The van der Waals surface area contributed by atoms with Crippen LogP contribution in [0.2, 0.25) is 0 Å². The van der Waals surface area contributed by atoms with Crippen molar-refractivity contribution in [3.05, 3.63) is 46.3 Å². The lowest BCUT2D eigenvalue weighted by molar-refractivity contribution is 0.329. The van der Waals surface area contributed by atoms with Gasteiger partial charge >= 0.3 is 0 Å². The largest absolute Gasteiger partial charge is 0.491 e. The summed E-state index contributed by atoms with van der Waals surface area (Å²) in [4.78, 5) is 8.34. The molecule has 0 radical (unpaired) electrons. The monoisotopic (exact) mass is 363 g/mol. The molecule has 1 aromatic heterocycles. The number of anilines is 1. The molecule has 5 heteroatoms. The molecule has 0 aliphatic rings. The molecule has 1 heterocycles. The van der Waals surface area contributed by atoms with Gasteiger partial charge in [-0.05, 0) is 47.3 Å². The number of ether oxygens (including phenoxy) is 1. The molecule has 0 aliphatic heterocycles. The molecule has 0 aliphatic carbocycles. The highest BCUT2D eigenvalue weighted by molar-refractivity contribution is 9.10. The molecule has 0 saturated carbocycles. The molecule has 0 saturated heterocycles. The molecule has 1 aromatic carbocycles. The molecule has 4 nitrogen and oxygen atoms in total. The van der Waals surface area contributed by atoms with Crippen LogP contribution in [0.15, 0.2) is 35.1 Å². The smallest absolute Gasteiger partial charge is 0.144 e. The van der Waals surface area contributed by atoms with Crippen LogP contribution in [0.25, 0.3) is 0 Å². The third-order valence-corrected chi connectivity index (χ3v) is 4.34. The van der Waals surface area contributed by atoms with E-state index in [2.05, 4.69) is 50.3 Å². The molecule has 0 fully saturated rings. The average molecular weight is 364 g/mol. The van der Waals surface area contributed by atoms with Crippen molar-refractivity contribution in [1.82, 2.24) is 9.97 Å². The number of rotatable bonds is 8. The molecular weight excluding hydrogens is 342 g/mol. The second kappa shape index (κ2) is 8.73. The van der Waals surface area contributed by atoms with E-state index in [-0.39, 0.29) is 0 Å². The summed E-state index contributed by atoms with van der Waals surface area (Å²) in [5, 5.41) is 3.26. The maximum atomic E-state index is 5.90.